The Hall–Kier alpha value is -3.33. The number of halogens is 1. The quantitative estimate of drug-likeness (QED) is 0.398. The van der Waals surface area contributed by atoms with E-state index < -0.39 is 0 Å². The number of nitrogens with zero attached hydrogens (tertiary/aromatic N) is 5. The SMILES string of the molecule is COc1ccc(Cl)cc1-c1ccc2cnc(Nc3ccc(N4CCN(C[C@H](C)O)CC4)cc3)nn12. The third kappa shape index (κ3) is 5.19. The van der Waals surface area contributed by atoms with E-state index in [9.17, 15) is 5.11 Å². The number of hydrogen-bond acceptors (Lipinski definition) is 7. The molecule has 1 aliphatic rings. The summed E-state index contributed by atoms with van der Waals surface area (Å²) in [6.45, 7) is 6.37. The summed E-state index contributed by atoms with van der Waals surface area (Å²) in [5, 5.41) is 18.3. The second-order valence-corrected chi connectivity index (χ2v) is 9.23. The number of hydrogen-bond donors (Lipinski definition) is 2. The van der Waals surface area contributed by atoms with Gasteiger partial charge in [0.2, 0.25) is 5.95 Å². The van der Waals surface area contributed by atoms with Crippen LogP contribution in [0.15, 0.2) is 60.8 Å². The van der Waals surface area contributed by atoms with Crippen LogP contribution in [0.4, 0.5) is 17.3 Å². The first-order valence-corrected chi connectivity index (χ1v) is 12.1. The summed E-state index contributed by atoms with van der Waals surface area (Å²) < 4.78 is 7.37. The normalized spacial score (nSPS) is 15.4. The van der Waals surface area contributed by atoms with E-state index in [2.05, 4.69) is 32.2 Å². The number of benzene rings is 2. The van der Waals surface area contributed by atoms with E-state index in [4.69, 9.17) is 21.4 Å². The third-order valence-electron chi connectivity index (χ3n) is 6.22. The van der Waals surface area contributed by atoms with Gasteiger partial charge in [-0.3, -0.25) is 4.90 Å². The molecule has 35 heavy (non-hydrogen) atoms. The van der Waals surface area contributed by atoms with Gasteiger partial charge in [0.1, 0.15) is 5.75 Å². The second-order valence-electron chi connectivity index (χ2n) is 8.79. The molecule has 0 unspecified atom stereocenters. The maximum atomic E-state index is 9.61. The first-order chi connectivity index (χ1) is 17.0. The van der Waals surface area contributed by atoms with Crippen molar-refractivity contribution in [3.8, 4) is 17.0 Å². The number of piperazine rings is 1. The van der Waals surface area contributed by atoms with Crippen LogP contribution in [0.5, 0.6) is 5.75 Å². The van der Waals surface area contributed by atoms with E-state index in [0.717, 1.165) is 60.9 Å². The predicted octanol–water partition coefficient (Wildman–Crippen LogP) is 4.30. The molecule has 1 saturated heterocycles. The van der Waals surface area contributed by atoms with E-state index in [1.165, 1.54) is 5.69 Å². The highest BCUT2D eigenvalue weighted by molar-refractivity contribution is 6.31. The molecule has 0 amide bonds. The summed E-state index contributed by atoms with van der Waals surface area (Å²) >= 11 is 6.25. The molecule has 182 valence electrons. The summed E-state index contributed by atoms with van der Waals surface area (Å²) in [6.07, 6.45) is 1.50. The van der Waals surface area contributed by atoms with Crippen molar-refractivity contribution in [3.05, 3.63) is 65.8 Å². The lowest BCUT2D eigenvalue weighted by atomic mass is 10.1. The van der Waals surface area contributed by atoms with Crippen molar-refractivity contribution in [1.29, 1.82) is 0 Å². The highest BCUT2D eigenvalue weighted by Gasteiger charge is 2.18. The topological polar surface area (TPSA) is 78.2 Å². The lowest BCUT2D eigenvalue weighted by molar-refractivity contribution is 0.123. The molecule has 2 N–H and O–H groups in total. The lowest BCUT2D eigenvalue weighted by Gasteiger charge is -2.36. The third-order valence-corrected chi connectivity index (χ3v) is 6.45. The second kappa shape index (κ2) is 10.1. The van der Waals surface area contributed by atoms with Crippen LogP contribution >= 0.6 is 11.6 Å². The standard InChI is InChI=1S/C26H29ClN6O2/c1-18(34)17-31-11-13-32(14-12-31)21-6-4-20(5-7-21)29-26-28-16-22-8-9-24(33(22)30-26)23-15-19(27)3-10-25(23)35-2/h3-10,15-16,18,34H,11-14,17H2,1-2H3,(H,29,30)/t18-/m0/s1. The summed E-state index contributed by atoms with van der Waals surface area (Å²) in [5.41, 5.74) is 4.70. The Kier molecular flexibility index (Phi) is 6.77. The van der Waals surface area contributed by atoms with Crippen LogP contribution in [0.25, 0.3) is 16.8 Å². The zero-order valence-corrected chi connectivity index (χ0v) is 20.6. The Bertz CT molecular complexity index is 1300. The number of aliphatic hydroxyl groups excluding tert-OH is 1. The van der Waals surface area contributed by atoms with Gasteiger partial charge in [-0.1, -0.05) is 11.6 Å². The number of rotatable bonds is 7. The molecule has 2 aromatic heterocycles. The van der Waals surface area contributed by atoms with E-state index in [1.54, 1.807) is 19.4 Å². The van der Waals surface area contributed by atoms with Crippen molar-refractivity contribution in [2.45, 2.75) is 13.0 Å². The van der Waals surface area contributed by atoms with Crippen LogP contribution in [0.1, 0.15) is 6.92 Å². The summed E-state index contributed by atoms with van der Waals surface area (Å²) in [6, 6.07) is 17.8. The van der Waals surface area contributed by atoms with Gasteiger partial charge in [0.05, 0.1) is 30.6 Å². The van der Waals surface area contributed by atoms with Gasteiger partial charge in [-0.2, -0.15) is 0 Å². The average Bonchev–Trinajstić information content (AvgIpc) is 3.28. The van der Waals surface area contributed by atoms with Gasteiger partial charge in [-0.25, -0.2) is 9.50 Å². The number of methoxy groups -OCH3 is 1. The Morgan fingerprint density at radius 2 is 1.83 bits per heavy atom. The first-order valence-electron chi connectivity index (χ1n) is 11.7. The van der Waals surface area contributed by atoms with Gasteiger partial charge in [-0.15, -0.1) is 5.10 Å². The van der Waals surface area contributed by atoms with Crippen LogP contribution < -0.4 is 15.0 Å². The highest BCUT2D eigenvalue weighted by Crippen LogP contribution is 2.33. The Balaban J connectivity index is 1.32. The van der Waals surface area contributed by atoms with E-state index in [1.807, 2.05) is 47.8 Å². The van der Waals surface area contributed by atoms with Crippen molar-refractivity contribution in [2.75, 3.05) is 50.1 Å². The minimum absolute atomic E-state index is 0.288. The highest BCUT2D eigenvalue weighted by atomic mass is 35.5. The Labute approximate surface area is 209 Å². The molecule has 1 atom stereocenters. The monoisotopic (exact) mass is 492 g/mol. The molecular formula is C26H29ClN6O2. The molecule has 0 aliphatic carbocycles. The van der Waals surface area contributed by atoms with Crippen LogP contribution in [-0.4, -0.2) is 70.5 Å². The van der Waals surface area contributed by atoms with Crippen molar-refractivity contribution in [2.24, 2.45) is 0 Å². The van der Waals surface area contributed by atoms with Gasteiger partial charge < -0.3 is 20.1 Å². The fourth-order valence-electron chi connectivity index (χ4n) is 4.49. The number of fused-ring (bicyclic) bond motifs is 1. The smallest absolute Gasteiger partial charge is 0.245 e. The zero-order valence-electron chi connectivity index (χ0n) is 19.9. The Morgan fingerprint density at radius 1 is 1.06 bits per heavy atom. The van der Waals surface area contributed by atoms with Crippen molar-refractivity contribution in [3.63, 3.8) is 0 Å². The molecule has 0 radical (unpaired) electrons. The minimum atomic E-state index is -0.288. The van der Waals surface area contributed by atoms with Crippen molar-refractivity contribution < 1.29 is 9.84 Å². The molecule has 5 rings (SSSR count). The molecule has 0 spiro atoms. The van der Waals surface area contributed by atoms with Gasteiger partial charge in [0, 0.05) is 54.7 Å². The fourth-order valence-corrected chi connectivity index (χ4v) is 4.66. The molecule has 9 heteroatoms. The van der Waals surface area contributed by atoms with Crippen molar-refractivity contribution in [1.82, 2.24) is 19.5 Å². The molecule has 0 saturated carbocycles. The number of aliphatic hydroxyl groups is 1. The van der Waals surface area contributed by atoms with Crippen molar-refractivity contribution >= 4 is 34.4 Å². The summed E-state index contributed by atoms with van der Waals surface area (Å²) in [4.78, 5) is 9.15. The molecule has 1 aliphatic heterocycles. The molecular weight excluding hydrogens is 464 g/mol. The maximum Gasteiger partial charge on any atom is 0.245 e. The minimum Gasteiger partial charge on any atom is -0.496 e. The zero-order chi connectivity index (χ0) is 24.4. The largest absolute Gasteiger partial charge is 0.496 e. The molecule has 4 aromatic rings. The average molecular weight is 493 g/mol. The van der Waals surface area contributed by atoms with E-state index in [0.29, 0.717) is 11.0 Å². The number of aromatic nitrogens is 3. The summed E-state index contributed by atoms with van der Waals surface area (Å²) in [7, 11) is 1.64. The van der Waals surface area contributed by atoms with E-state index >= 15 is 0 Å². The van der Waals surface area contributed by atoms with E-state index in [-0.39, 0.29) is 6.10 Å². The van der Waals surface area contributed by atoms with Crippen LogP contribution in [0.2, 0.25) is 5.02 Å². The van der Waals surface area contributed by atoms with Gasteiger partial charge in [0.15, 0.2) is 0 Å². The number of anilines is 3. The molecule has 8 nitrogen and oxygen atoms in total. The number of nitrogens with one attached hydrogen (secondary N) is 1. The Morgan fingerprint density at radius 3 is 2.54 bits per heavy atom. The predicted molar refractivity (Wildman–Crippen MR) is 140 cm³/mol. The number of ether oxygens (including phenoxy) is 1. The van der Waals surface area contributed by atoms with Gasteiger partial charge in [0.25, 0.3) is 0 Å². The molecule has 1 fully saturated rings. The van der Waals surface area contributed by atoms with Gasteiger partial charge in [-0.05, 0) is 61.5 Å². The number of β-amino-alcohol motifs (C(OH)–C–C–N with tert-alkyl or cyclic N) is 1. The van der Waals surface area contributed by atoms with Gasteiger partial charge >= 0.3 is 0 Å². The molecule has 3 heterocycles. The maximum absolute atomic E-state index is 9.61. The van der Waals surface area contributed by atoms with Crippen LogP contribution in [-0.2, 0) is 0 Å². The fraction of sp³-hybridized carbons (Fsp3) is 0.308. The van der Waals surface area contributed by atoms with Crippen LogP contribution in [0.3, 0.4) is 0 Å². The molecule has 2 aromatic carbocycles. The summed E-state index contributed by atoms with van der Waals surface area (Å²) in [5.74, 6) is 1.22. The molecule has 0 bridgehead atoms. The lowest BCUT2D eigenvalue weighted by Crippen LogP contribution is -2.48. The first kappa shape index (κ1) is 23.4. The van der Waals surface area contributed by atoms with Crippen LogP contribution in [0, 0.1) is 0 Å².